The monoisotopic (exact) mass is 474 g/mol. The lowest BCUT2D eigenvalue weighted by atomic mass is 10.1. The summed E-state index contributed by atoms with van der Waals surface area (Å²) in [6.07, 6.45) is 3.58. The molecule has 0 fully saturated rings. The summed E-state index contributed by atoms with van der Waals surface area (Å²) in [7, 11) is 5.56. The first kappa shape index (κ1) is 24.0. The van der Waals surface area contributed by atoms with Crippen LogP contribution in [-0.2, 0) is 4.79 Å². The van der Waals surface area contributed by atoms with E-state index in [9.17, 15) is 4.79 Å². The molecule has 0 aliphatic rings. The van der Waals surface area contributed by atoms with E-state index in [1.54, 1.807) is 19.4 Å². The number of H-pyrrole nitrogens is 1. The molecular weight excluding hydrogens is 444 g/mol. The minimum atomic E-state index is -0.183. The number of hydrogen-bond donors (Lipinski definition) is 3. The molecule has 0 saturated heterocycles. The van der Waals surface area contributed by atoms with Gasteiger partial charge >= 0.3 is 0 Å². The van der Waals surface area contributed by atoms with Gasteiger partial charge in [-0.1, -0.05) is 18.2 Å². The van der Waals surface area contributed by atoms with E-state index in [2.05, 4.69) is 39.7 Å². The van der Waals surface area contributed by atoms with Gasteiger partial charge in [-0.05, 0) is 44.8 Å². The quantitative estimate of drug-likeness (QED) is 0.326. The van der Waals surface area contributed by atoms with E-state index < -0.39 is 0 Å². The van der Waals surface area contributed by atoms with Crippen LogP contribution >= 0.6 is 0 Å². The normalized spacial score (nSPS) is 11.0. The van der Waals surface area contributed by atoms with Crippen LogP contribution < -0.4 is 20.1 Å². The summed E-state index contributed by atoms with van der Waals surface area (Å²) in [6.45, 7) is 4.79. The third kappa shape index (κ3) is 5.52. The number of nitrogens with one attached hydrogen (secondary N) is 3. The molecule has 182 valence electrons. The third-order valence-corrected chi connectivity index (χ3v) is 5.50. The molecule has 0 aliphatic carbocycles. The standard InChI is InChI=1S/C26H30N6O3/c1-16-7-6-8-19-20(14-27-24(16)19)25-23(34-5)15-28-26(31-25)30-18-9-10-22(35-12-11-32(3)4)21(13-18)29-17(2)33/h6-10,13-15,27H,11-12H2,1-5H3,(H,29,33)(H,28,30,31). The number of aromatic nitrogens is 3. The van der Waals surface area contributed by atoms with Crippen molar-refractivity contribution < 1.29 is 14.3 Å². The molecule has 4 aromatic rings. The number of methoxy groups -OCH3 is 1. The smallest absolute Gasteiger partial charge is 0.227 e. The molecule has 0 bridgehead atoms. The Hall–Kier alpha value is -4.11. The number of para-hydroxylation sites is 1. The number of amides is 1. The second kappa shape index (κ2) is 10.4. The number of ether oxygens (including phenoxy) is 2. The van der Waals surface area contributed by atoms with Gasteiger partial charge in [0, 0.05) is 41.8 Å². The van der Waals surface area contributed by atoms with Gasteiger partial charge in [-0.2, -0.15) is 0 Å². The predicted molar refractivity (Wildman–Crippen MR) is 139 cm³/mol. The molecule has 2 aromatic heterocycles. The minimum absolute atomic E-state index is 0.183. The average Bonchev–Trinajstić information content (AvgIpc) is 3.25. The van der Waals surface area contributed by atoms with Crippen LogP contribution in [0.25, 0.3) is 22.2 Å². The molecular formula is C26H30N6O3. The Morgan fingerprint density at radius 1 is 1.17 bits per heavy atom. The summed E-state index contributed by atoms with van der Waals surface area (Å²) in [5.74, 6) is 1.38. The number of anilines is 3. The summed E-state index contributed by atoms with van der Waals surface area (Å²) in [6, 6.07) is 11.6. The number of benzene rings is 2. The minimum Gasteiger partial charge on any atom is -0.493 e. The van der Waals surface area contributed by atoms with Crippen LogP contribution in [0.3, 0.4) is 0 Å². The van der Waals surface area contributed by atoms with Crippen molar-refractivity contribution in [1.29, 1.82) is 0 Å². The average molecular weight is 475 g/mol. The van der Waals surface area contributed by atoms with E-state index in [1.165, 1.54) is 6.92 Å². The molecule has 4 rings (SSSR count). The number of likely N-dealkylation sites (N-methyl/N-ethyl adjacent to an activating group) is 1. The number of carbonyl (C=O) groups excluding carboxylic acids is 1. The zero-order valence-corrected chi connectivity index (χ0v) is 20.6. The summed E-state index contributed by atoms with van der Waals surface area (Å²) < 4.78 is 11.4. The Kier molecular flexibility index (Phi) is 7.17. The van der Waals surface area contributed by atoms with Crippen molar-refractivity contribution in [1.82, 2.24) is 19.9 Å². The van der Waals surface area contributed by atoms with Crippen molar-refractivity contribution >= 4 is 34.1 Å². The van der Waals surface area contributed by atoms with Crippen LogP contribution in [-0.4, -0.2) is 60.1 Å². The maximum atomic E-state index is 11.8. The molecule has 3 N–H and O–H groups in total. The van der Waals surface area contributed by atoms with Gasteiger partial charge in [-0.3, -0.25) is 4.79 Å². The van der Waals surface area contributed by atoms with Crippen molar-refractivity contribution in [3.8, 4) is 22.8 Å². The molecule has 1 amide bonds. The van der Waals surface area contributed by atoms with Crippen molar-refractivity contribution in [2.75, 3.05) is 45.0 Å². The summed E-state index contributed by atoms with van der Waals surface area (Å²) in [5, 5.41) is 7.12. The van der Waals surface area contributed by atoms with E-state index in [0.29, 0.717) is 41.1 Å². The fourth-order valence-electron chi connectivity index (χ4n) is 3.76. The number of carbonyl (C=O) groups is 1. The number of aromatic amines is 1. The fraction of sp³-hybridized carbons (Fsp3) is 0.269. The molecule has 0 unspecified atom stereocenters. The lowest BCUT2D eigenvalue weighted by molar-refractivity contribution is -0.114. The number of aryl methyl sites for hydroxylation is 1. The number of rotatable bonds is 9. The van der Waals surface area contributed by atoms with Crippen molar-refractivity contribution in [2.24, 2.45) is 0 Å². The van der Waals surface area contributed by atoms with Gasteiger partial charge < -0.3 is 30.0 Å². The molecule has 0 aliphatic heterocycles. The van der Waals surface area contributed by atoms with Crippen molar-refractivity contribution in [3.63, 3.8) is 0 Å². The van der Waals surface area contributed by atoms with Crippen LogP contribution in [0.4, 0.5) is 17.3 Å². The highest BCUT2D eigenvalue weighted by Gasteiger charge is 2.16. The van der Waals surface area contributed by atoms with E-state index in [1.807, 2.05) is 43.4 Å². The van der Waals surface area contributed by atoms with Crippen LogP contribution in [0, 0.1) is 6.92 Å². The van der Waals surface area contributed by atoms with Gasteiger partial charge in [0.05, 0.1) is 19.0 Å². The molecule has 0 spiro atoms. The van der Waals surface area contributed by atoms with E-state index in [4.69, 9.17) is 14.5 Å². The summed E-state index contributed by atoms with van der Waals surface area (Å²) in [4.78, 5) is 26.3. The van der Waals surface area contributed by atoms with Gasteiger partial charge in [0.25, 0.3) is 0 Å². The molecule has 2 aromatic carbocycles. The van der Waals surface area contributed by atoms with Crippen molar-refractivity contribution in [3.05, 3.63) is 54.4 Å². The predicted octanol–water partition coefficient (Wildman–Crippen LogP) is 4.58. The Balaban J connectivity index is 1.65. The second-order valence-corrected chi connectivity index (χ2v) is 8.48. The SMILES string of the molecule is COc1cnc(Nc2ccc(OCCN(C)C)c(NC(C)=O)c2)nc1-c1c[nH]c2c(C)cccc12. The highest BCUT2D eigenvalue weighted by Crippen LogP contribution is 2.35. The van der Waals surface area contributed by atoms with Gasteiger partial charge in [-0.25, -0.2) is 9.97 Å². The lowest BCUT2D eigenvalue weighted by Crippen LogP contribution is -2.20. The molecule has 0 saturated carbocycles. The number of hydrogen-bond acceptors (Lipinski definition) is 7. The first-order valence-corrected chi connectivity index (χ1v) is 11.3. The molecule has 9 heteroatoms. The Bertz CT molecular complexity index is 1350. The molecule has 9 nitrogen and oxygen atoms in total. The first-order chi connectivity index (χ1) is 16.9. The summed E-state index contributed by atoms with van der Waals surface area (Å²) >= 11 is 0. The molecule has 0 atom stereocenters. The number of fused-ring (bicyclic) bond motifs is 1. The van der Waals surface area contributed by atoms with Gasteiger partial charge in [0.2, 0.25) is 11.9 Å². The van der Waals surface area contributed by atoms with E-state index >= 15 is 0 Å². The zero-order valence-electron chi connectivity index (χ0n) is 20.6. The van der Waals surface area contributed by atoms with Crippen LogP contribution in [0.15, 0.2) is 48.8 Å². The molecule has 35 heavy (non-hydrogen) atoms. The Labute approximate surface area is 204 Å². The maximum absolute atomic E-state index is 11.8. The third-order valence-electron chi connectivity index (χ3n) is 5.50. The largest absolute Gasteiger partial charge is 0.493 e. The second-order valence-electron chi connectivity index (χ2n) is 8.48. The first-order valence-electron chi connectivity index (χ1n) is 11.3. The highest BCUT2D eigenvalue weighted by molar-refractivity contribution is 5.97. The Morgan fingerprint density at radius 3 is 2.74 bits per heavy atom. The molecule has 2 heterocycles. The van der Waals surface area contributed by atoms with E-state index in [0.717, 1.165) is 28.6 Å². The topological polar surface area (TPSA) is 104 Å². The van der Waals surface area contributed by atoms with Crippen molar-refractivity contribution in [2.45, 2.75) is 13.8 Å². The fourth-order valence-corrected chi connectivity index (χ4v) is 3.76. The van der Waals surface area contributed by atoms with E-state index in [-0.39, 0.29) is 5.91 Å². The van der Waals surface area contributed by atoms with Crippen LogP contribution in [0.5, 0.6) is 11.5 Å². The maximum Gasteiger partial charge on any atom is 0.227 e. The van der Waals surface area contributed by atoms with Crippen LogP contribution in [0.2, 0.25) is 0 Å². The molecule has 0 radical (unpaired) electrons. The zero-order chi connectivity index (χ0) is 24.9. The highest BCUT2D eigenvalue weighted by atomic mass is 16.5. The lowest BCUT2D eigenvalue weighted by Gasteiger charge is -2.16. The van der Waals surface area contributed by atoms with Gasteiger partial charge in [-0.15, -0.1) is 0 Å². The number of nitrogens with zero attached hydrogens (tertiary/aromatic N) is 3. The van der Waals surface area contributed by atoms with Gasteiger partial charge in [0.15, 0.2) is 5.75 Å². The summed E-state index contributed by atoms with van der Waals surface area (Å²) in [5.41, 5.74) is 5.09. The van der Waals surface area contributed by atoms with Gasteiger partial charge in [0.1, 0.15) is 18.1 Å². The van der Waals surface area contributed by atoms with Crippen LogP contribution in [0.1, 0.15) is 12.5 Å². The Morgan fingerprint density at radius 2 is 2.00 bits per heavy atom.